The average molecular weight is 441 g/mol. The van der Waals surface area contributed by atoms with Gasteiger partial charge in [0.05, 0.1) is 17.5 Å². The molecule has 0 saturated heterocycles. The van der Waals surface area contributed by atoms with Crippen LogP contribution in [0.25, 0.3) is 11.8 Å². The lowest BCUT2D eigenvalue weighted by atomic mass is 10.1. The highest BCUT2D eigenvalue weighted by molar-refractivity contribution is 7.09. The van der Waals surface area contributed by atoms with Gasteiger partial charge in [0.1, 0.15) is 10.2 Å². The molecule has 0 amide bonds. The number of rotatable bonds is 7. The van der Waals surface area contributed by atoms with Gasteiger partial charge in [-0.25, -0.2) is 14.5 Å². The van der Waals surface area contributed by atoms with Crippen LogP contribution in [0.1, 0.15) is 27.9 Å². The molecule has 7 nitrogen and oxygen atoms in total. The number of Topliss-reactive ketones (excluding diaryl/α,β-unsaturated/α-hetero) is 1. The molecule has 0 bridgehead atoms. The lowest BCUT2D eigenvalue weighted by Gasteiger charge is -2.05. The van der Waals surface area contributed by atoms with Gasteiger partial charge in [0.2, 0.25) is 0 Å². The highest BCUT2D eigenvalue weighted by Gasteiger charge is 2.24. The first-order valence-electron chi connectivity index (χ1n) is 8.90. The highest BCUT2D eigenvalue weighted by Crippen LogP contribution is 2.25. The second kappa shape index (κ2) is 9.48. The Kier molecular flexibility index (Phi) is 6.77. The number of carbonyl (C=O) groups is 2. The SMILES string of the molecule is Cc1csc(C(C#N)C(=O)COC(=O)C=Cc2c(C)nn(-c3ccccc3)c2Cl)n1. The summed E-state index contributed by atoms with van der Waals surface area (Å²) >= 11 is 7.63. The van der Waals surface area contributed by atoms with Crippen molar-refractivity contribution >= 4 is 40.8 Å². The van der Waals surface area contributed by atoms with E-state index in [9.17, 15) is 14.9 Å². The molecule has 1 aromatic carbocycles. The molecular weight excluding hydrogens is 424 g/mol. The van der Waals surface area contributed by atoms with E-state index in [0.717, 1.165) is 11.4 Å². The molecule has 0 saturated carbocycles. The number of hydrogen-bond donors (Lipinski definition) is 0. The minimum Gasteiger partial charge on any atom is -0.454 e. The fourth-order valence-electron chi connectivity index (χ4n) is 2.64. The Morgan fingerprint density at radius 3 is 2.70 bits per heavy atom. The molecule has 0 aliphatic carbocycles. The molecule has 9 heteroatoms. The van der Waals surface area contributed by atoms with Gasteiger partial charge < -0.3 is 4.74 Å². The zero-order valence-corrected chi connectivity index (χ0v) is 17.8. The molecule has 2 aromatic heterocycles. The van der Waals surface area contributed by atoms with Crippen LogP contribution in [0.15, 0.2) is 41.8 Å². The van der Waals surface area contributed by atoms with Crippen LogP contribution in [0.4, 0.5) is 0 Å². The number of ether oxygens (including phenoxy) is 1. The van der Waals surface area contributed by atoms with Crippen LogP contribution in [0, 0.1) is 25.2 Å². The molecule has 3 aromatic rings. The van der Waals surface area contributed by atoms with Crippen LogP contribution in [-0.4, -0.2) is 33.1 Å². The van der Waals surface area contributed by atoms with Crippen molar-refractivity contribution < 1.29 is 14.3 Å². The lowest BCUT2D eigenvalue weighted by molar-refractivity contribution is -0.143. The van der Waals surface area contributed by atoms with Crippen molar-refractivity contribution in [2.75, 3.05) is 6.61 Å². The number of ketones is 1. The van der Waals surface area contributed by atoms with E-state index < -0.39 is 24.3 Å². The van der Waals surface area contributed by atoms with Crippen LogP contribution in [0.5, 0.6) is 0 Å². The number of halogens is 1. The Bertz CT molecular complexity index is 1140. The van der Waals surface area contributed by atoms with Gasteiger partial charge >= 0.3 is 5.97 Å². The van der Waals surface area contributed by atoms with E-state index in [1.807, 2.05) is 36.4 Å². The second-order valence-electron chi connectivity index (χ2n) is 6.33. The van der Waals surface area contributed by atoms with Crippen LogP contribution in [0.2, 0.25) is 5.15 Å². The van der Waals surface area contributed by atoms with Crippen LogP contribution in [0.3, 0.4) is 0 Å². The molecule has 0 fully saturated rings. The van der Waals surface area contributed by atoms with Gasteiger partial charge in [-0.3, -0.25) is 4.79 Å². The number of aryl methyl sites for hydroxylation is 2. The van der Waals surface area contributed by atoms with E-state index in [0.29, 0.717) is 21.4 Å². The molecule has 0 spiro atoms. The summed E-state index contributed by atoms with van der Waals surface area (Å²) in [6.07, 6.45) is 2.66. The maximum absolute atomic E-state index is 12.2. The molecule has 0 aliphatic heterocycles. The first kappa shape index (κ1) is 21.4. The van der Waals surface area contributed by atoms with Gasteiger partial charge in [-0.15, -0.1) is 11.3 Å². The zero-order chi connectivity index (χ0) is 21.7. The number of esters is 1. The number of carbonyl (C=O) groups excluding carboxylic acids is 2. The second-order valence-corrected chi connectivity index (χ2v) is 7.58. The first-order valence-corrected chi connectivity index (χ1v) is 10.2. The molecule has 0 N–H and O–H groups in total. The first-order chi connectivity index (χ1) is 14.4. The van der Waals surface area contributed by atoms with Gasteiger partial charge in [-0.2, -0.15) is 10.4 Å². The molecule has 3 rings (SSSR count). The van der Waals surface area contributed by atoms with Gasteiger partial charge in [0.15, 0.2) is 18.3 Å². The van der Waals surface area contributed by atoms with Crippen molar-refractivity contribution in [2.24, 2.45) is 0 Å². The van der Waals surface area contributed by atoms with Crippen LogP contribution in [-0.2, 0) is 14.3 Å². The number of hydrogen-bond acceptors (Lipinski definition) is 7. The number of aromatic nitrogens is 3. The predicted octanol–water partition coefficient (Wildman–Crippen LogP) is 4.03. The largest absolute Gasteiger partial charge is 0.454 e. The summed E-state index contributed by atoms with van der Waals surface area (Å²) in [5.74, 6) is -2.31. The Morgan fingerprint density at radius 1 is 1.33 bits per heavy atom. The standard InChI is InChI=1S/C21H17ClN4O3S/c1-13-12-30-21(24-13)17(10-23)18(27)11-29-19(28)9-8-16-14(2)25-26(20(16)22)15-6-4-3-5-7-15/h3-9,12,17H,11H2,1-2H3. The molecule has 1 unspecified atom stereocenters. The van der Waals surface area contributed by atoms with Crippen molar-refractivity contribution in [2.45, 2.75) is 19.8 Å². The number of para-hydroxylation sites is 1. The Morgan fingerprint density at radius 2 is 2.07 bits per heavy atom. The fourth-order valence-corrected chi connectivity index (χ4v) is 3.83. The smallest absolute Gasteiger partial charge is 0.331 e. The molecule has 152 valence electrons. The molecular formula is C21H17ClN4O3S. The molecule has 1 atom stereocenters. The van der Waals surface area contributed by atoms with Gasteiger partial charge in [0, 0.05) is 22.7 Å². The van der Waals surface area contributed by atoms with E-state index in [-0.39, 0.29) is 0 Å². The minimum atomic E-state index is -1.05. The van der Waals surface area contributed by atoms with Gasteiger partial charge in [-0.1, -0.05) is 29.8 Å². The highest BCUT2D eigenvalue weighted by atomic mass is 35.5. The minimum absolute atomic E-state index is 0.350. The number of thiazole rings is 1. The van der Waals surface area contributed by atoms with E-state index in [4.69, 9.17) is 16.3 Å². The maximum Gasteiger partial charge on any atom is 0.331 e. The number of benzene rings is 1. The third-order valence-corrected chi connectivity index (χ3v) is 5.52. The third kappa shape index (κ3) is 4.82. The van der Waals surface area contributed by atoms with Crippen molar-refractivity contribution in [1.29, 1.82) is 5.26 Å². The molecule has 2 heterocycles. The normalized spacial score (nSPS) is 11.9. The molecule has 30 heavy (non-hydrogen) atoms. The van der Waals surface area contributed by atoms with Crippen LogP contribution < -0.4 is 0 Å². The van der Waals surface area contributed by atoms with Crippen LogP contribution >= 0.6 is 22.9 Å². The topological polar surface area (TPSA) is 97.9 Å². The van der Waals surface area contributed by atoms with Crippen molar-refractivity contribution in [1.82, 2.24) is 14.8 Å². The monoisotopic (exact) mass is 440 g/mol. The summed E-state index contributed by atoms with van der Waals surface area (Å²) < 4.78 is 6.56. The van der Waals surface area contributed by atoms with Gasteiger partial charge in [0.25, 0.3) is 0 Å². The van der Waals surface area contributed by atoms with Crippen molar-refractivity contribution in [3.8, 4) is 11.8 Å². The fraction of sp³-hybridized carbons (Fsp3) is 0.190. The van der Waals surface area contributed by atoms with E-state index >= 15 is 0 Å². The van der Waals surface area contributed by atoms with Crippen molar-refractivity contribution in [3.05, 3.63) is 68.9 Å². The summed E-state index contributed by atoms with van der Waals surface area (Å²) in [6, 6.07) is 11.3. The molecule has 0 aliphatic rings. The molecule has 0 radical (unpaired) electrons. The number of nitriles is 1. The zero-order valence-electron chi connectivity index (χ0n) is 16.2. The Hall–Kier alpha value is -3.28. The van der Waals surface area contributed by atoms with E-state index in [1.165, 1.54) is 23.5 Å². The maximum atomic E-state index is 12.2. The average Bonchev–Trinajstić information content (AvgIpc) is 3.29. The van der Waals surface area contributed by atoms with E-state index in [2.05, 4.69) is 10.1 Å². The third-order valence-electron chi connectivity index (χ3n) is 4.13. The predicted molar refractivity (Wildman–Crippen MR) is 114 cm³/mol. The lowest BCUT2D eigenvalue weighted by Crippen LogP contribution is -2.19. The summed E-state index contributed by atoms with van der Waals surface area (Å²) in [6.45, 7) is 3.03. The van der Waals surface area contributed by atoms with Crippen molar-refractivity contribution in [3.63, 3.8) is 0 Å². The Labute approximate surface area is 182 Å². The quantitative estimate of drug-likeness (QED) is 0.406. The summed E-state index contributed by atoms with van der Waals surface area (Å²) in [7, 11) is 0. The summed E-state index contributed by atoms with van der Waals surface area (Å²) in [5.41, 5.74) is 2.72. The summed E-state index contributed by atoms with van der Waals surface area (Å²) in [5, 5.41) is 16.1. The van der Waals surface area contributed by atoms with Gasteiger partial charge in [-0.05, 0) is 32.1 Å². The Balaban J connectivity index is 1.65. The number of nitrogens with zero attached hydrogens (tertiary/aromatic N) is 4. The summed E-state index contributed by atoms with van der Waals surface area (Å²) in [4.78, 5) is 28.4. The van der Waals surface area contributed by atoms with E-state index in [1.54, 1.807) is 23.9 Å².